The average molecular weight is 232 g/mol. The van der Waals surface area contributed by atoms with Gasteiger partial charge in [-0.05, 0) is 38.0 Å². The van der Waals surface area contributed by atoms with Crippen molar-refractivity contribution in [2.24, 2.45) is 5.92 Å². The van der Waals surface area contributed by atoms with Gasteiger partial charge in [-0.1, -0.05) is 6.92 Å². The molecule has 15 heavy (non-hydrogen) atoms. The van der Waals surface area contributed by atoms with Gasteiger partial charge in [0.1, 0.15) is 0 Å². The molecule has 0 radical (unpaired) electrons. The molecular formula is C12H22ClNO. The Kier molecular flexibility index (Phi) is 6.07. The van der Waals surface area contributed by atoms with Crippen molar-refractivity contribution in [3.05, 3.63) is 0 Å². The predicted molar refractivity (Wildman–Crippen MR) is 64.2 cm³/mol. The number of amides is 1. The summed E-state index contributed by atoms with van der Waals surface area (Å²) in [5.41, 5.74) is 0. The van der Waals surface area contributed by atoms with Crippen molar-refractivity contribution in [2.75, 3.05) is 19.0 Å². The van der Waals surface area contributed by atoms with Crippen molar-refractivity contribution in [3.8, 4) is 0 Å². The minimum absolute atomic E-state index is 0.328. The van der Waals surface area contributed by atoms with E-state index in [9.17, 15) is 4.79 Å². The van der Waals surface area contributed by atoms with E-state index in [1.165, 1.54) is 19.3 Å². The third kappa shape index (κ3) is 4.87. The summed E-state index contributed by atoms with van der Waals surface area (Å²) in [6, 6.07) is 0. The van der Waals surface area contributed by atoms with Crippen LogP contribution in [0.5, 0.6) is 0 Å². The van der Waals surface area contributed by atoms with Gasteiger partial charge in [-0.25, -0.2) is 0 Å². The Balaban J connectivity index is 2.25. The quantitative estimate of drug-likeness (QED) is 0.538. The molecule has 1 aliphatic heterocycles. The van der Waals surface area contributed by atoms with Crippen molar-refractivity contribution in [1.29, 1.82) is 0 Å². The van der Waals surface area contributed by atoms with Gasteiger partial charge in [0.25, 0.3) is 0 Å². The molecule has 1 aliphatic rings. The molecule has 1 rings (SSSR count). The Bertz CT molecular complexity index is 196. The number of likely N-dealkylation sites (tertiary alicyclic amines) is 1. The maximum atomic E-state index is 11.8. The highest BCUT2D eigenvalue weighted by atomic mass is 35.5. The van der Waals surface area contributed by atoms with Crippen molar-refractivity contribution in [1.82, 2.24) is 4.90 Å². The molecule has 0 aliphatic carbocycles. The fourth-order valence-corrected chi connectivity index (χ4v) is 2.23. The van der Waals surface area contributed by atoms with Gasteiger partial charge < -0.3 is 4.90 Å². The lowest BCUT2D eigenvalue weighted by molar-refractivity contribution is -0.131. The zero-order valence-corrected chi connectivity index (χ0v) is 10.4. The SMILES string of the molecule is CC1CCCN(C(=O)CCCCCl)CC1. The minimum Gasteiger partial charge on any atom is -0.343 e. The van der Waals surface area contributed by atoms with E-state index in [4.69, 9.17) is 11.6 Å². The molecule has 1 unspecified atom stereocenters. The summed E-state index contributed by atoms with van der Waals surface area (Å²) in [5.74, 6) is 1.78. The molecule has 0 spiro atoms. The summed E-state index contributed by atoms with van der Waals surface area (Å²) >= 11 is 5.59. The van der Waals surface area contributed by atoms with Gasteiger partial charge in [0.2, 0.25) is 5.91 Å². The van der Waals surface area contributed by atoms with Gasteiger partial charge in [0.15, 0.2) is 0 Å². The van der Waals surface area contributed by atoms with Gasteiger partial charge in [0, 0.05) is 25.4 Å². The van der Waals surface area contributed by atoms with E-state index in [-0.39, 0.29) is 0 Å². The number of halogens is 1. The first-order valence-corrected chi connectivity index (χ1v) is 6.61. The van der Waals surface area contributed by atoms with E-state index >= 15 is 0 Å². The van der Waals surface area contributed by atoms with Gasteiger partial charge in [-0.3, -0.25) is 4.79 Å². The summed E-state index contributed by atoms with van der Waals surface area (Å²) in [7, 11) is 0. The summed E-state index contributed by atoms with van der Waals surface area (Å²) < 4.78 is 0. The normalized spacial score (nSPS) is 22.5. The van der Waals surface area contributed by atoms with Crippen molar-refractivity contribution < 1.29 is 4.79 Å². The van der Waals surface area contributed by atoms with E-state index in [0.29, 0.717) is 18.2 Å². The summed E-state index contributed by atoms with van der Waals surface area (Å²) in [5, 5.41) is 0. The van der Waals surface area contributed by atoms with Gasteiger partial charge >= 0.3 is 0 Å². The third-order valence-electron chi connectivity index (χ3n) is 3.14. The van der Waals surface area contributed by atoms with Crippen LogP contribution in [0.4, 0.5) is 0 Å². The van der Waals surface area contributed by atoms with Crippen LogP contribution in [0.2, 0.25) is 0 Å². The molecule has 0 bridgehead atoms. The number of rotatable bonds is 4. The standard InChI is InChI=1S/C12H22ClNO/c1-11-5-4-9-14(10-7-11)12(15)6-2-3-8-13/h11H,2-10H2,1H3. The van der Waals surface area contributed by atoms with Crippen LogP contribution in [-0.4, -0.2) is 29.8 Å². The van der Waals surface area contributed by atoms with E-state index in [1.807, 2.05) is 4.90 Å². The molecule has 0 aromatic carbocycles. The lowest BCUT2D eigenvalue weighted by Gasteiger charge is -2.20. The second-order valence-corrected chi connectivity index (χ2v) is 4.94. The zero-order chi connectivity index (χ0) is 11.1. The van der Waals surface area contributed by atoms with E-state index in [1.54, 1.807) is 0 Å². The van der Waals surface area contributed by atoms with Crippen LogP contribution in [0.25, 0.3) is 0 Å². The molecule has 88 valence electrons. The Labute approximate surface area is 98.0 Å². The highest BCUT2D eigenvalue weighted by molar-refractivity contribution is 6.17. The monoisotopic (exact) mass is 231 g/mol. The smallest absolute Gasteiger partial charge is 0.222 e. The summed E-state index contributed by atoms with van der Waals surface area (Å²) in [6.45, 7) is 4.20. The van der Waals surface area contributed by atoms with Crippen LogP contribution >= 0.6 is 11.6 Å². The lowest BCUT2D eigenvalue weighted by atomic mass is 10.0. The van der Waals surface area contributed by atoms with Crippen LogP contribution in [0.1, 0.15) is 45.4 Å². The van der Waals surface area contributed by atoms with Crippen LogP contribution in [0, 0.1) is 5.92 Å². The molecule has 1 saturated heterocycles. The van der Waals surface area contributed by atoms with Gasteiger partial charge in [0.05, 0.1) is 0 Å². The van der Waals surface area contributed by atoms with Gasteiger partial charge in [-0.15, -0.1) is 11.6 Å². The molecule has 0 N–H and O–H groups in total. The van der Waals surface area contributed by atoms with Crippen LogP contribution in [0.3, 0.4) is 0 Å². The average Bonchev–Trinajstić information content (AvgIpc) is 2.43. The number of hydrogen-bond acceptors (Lipinski definition) is 1. The fourth-order valence-electron chi connectivity index (χ4n) is 2.04. The second-order valence-electron chi connectivity index (χ2n) is 4.56. The number of unbranched alkanes of at least 4 members (excludes halogenated alkanes) is 1. The van der Waals surface area contributed by atoms with E-state index in [2.05, 4.69) is 6.92 Å². The second kappa shape index (κ2) is 7.10. The topological polar surface area (TPSA) is 20.3 Å². The molecule has 1 heterocycles. The molecule has 0 aromatic heterocycles. The van der Waals surface area contributed by atoms with Crippen molar-refractivity contribution in [3.63, 3.8) is 0 Å². The van der Waals surface area contributed by atoms with Crippen LogP contribution in [0.15, 0.2) is 0 Å². The summed E-state index contributed by atoms with van der Waals surface area (Å²) in [6.07, 6.45) is 6.18. The largest absolute Gasteiger partial charge is 0.343 e. The Morgan fingerprint density at radius 2 is 2.13 bits per heavy atom. The lowest BCUT2D eigenvalue weighted by Crippen LogP contribution is -2.31. The molecular weight excluding hydrogens is 210 g/mol. The maximum Gasteiger partial charge on any atom is 0.222 e. The van der Waals surface area contributed by atoms with Crippen LogP contribution in [-0.2, 0) is 4.79 Å². The van der Waals surface area contributed by atoms with Crippen molar-refractivity contribution >= 4 is 17.5 Å². The molecule has 2 nitrogen and oxygen atoms in total. The first kappa shape index (κ1) is 12.8. The molecule has 0 aromatic rings. The number of hydrogen-bond donors (Lipinski definition) is 0. The molecule has 1 fully saturated rings. The number of carbonyl (C=O) groups is 1. The van der Waals surface area contributed by atoms with Crippen molar-refractivity contribution in [2.45, 2.75) is 45.4 Å². The van der Waals surface area contributed by atoms with E-state index < -0.39 is 0 Å². The number of alkyl halides is 1. The molecule has 3 heteroatoms. The van der Waals surface area contributed by atoms with Gasteiger partial charge in [-0.2, -0.15) is 0 Å². The Morgan fingerprint density at radius 3 is 2.87 bits per heavy atom. The number of nitrogens with zero attached hydrogens (tertiary/aromatic N) is 1. The Morgan fingerprint density at radius 1 is 1.33 bits per heavy atom. The highest BCUT2D eigenvalue weighted by Crippen LogP contribution is 2.17. The first-order chi connectivity index (χ1) is 7.24. The minimum atomic E-state index is 0.328. The first-order valence-electron chi connectivity index (χ1n) is 6.07. The highest BCUT2D eigenvalue weighted by Gasteiger charge is 2.17. The molecule has 1 atom stereocenters. The zero-order valence-electron chi connectivity index (χ0n) is 9.67. The molecule has 1 amide bonds. The van der Waals surface area contributed by atoms with E-state index in [0.717, 1.165) is 31.8 Å². The maximum absolute atomic E-state index is 11.8. The third-order valence-corrected chi connectivity index (χ3v) is 3.41. The number of carbonyl (C=O) groups excluding carboxylic acids is 1. The fraction of sp³-hybridized carbons (Fsp3) is 0.917. The Hall–Kier alpha value is -0.240. The predicted octanol–water partition coefficient (Wildman–Crippen LogP) is 3.04. The van der Waals surface area contributed by atoms with Crippen LogP contribution < -0.4 is 0 Å². The molecule has 0 saturated carbocycles. The summed E-state index contributed by atoms with van der Waals surface area (Å²) in [4.78, 5) is 13.9.